The molecular weight excluding hydrogens is 264 g/mol. The van der Waals surface area contributed by atoms with Gasteiger partial charge in [-0.05, 0) is 36.2 Å². The molecule has 0 spiro atoms. The fraction of sp³-hybridized carbons (Fsp3) is 0.286. The van der Waals surface area contributed by atoms with Gasteiger partial charge in [0.15, 0.2) is 5.78 Å². The molecule has 2 aromatic rings. The van der Waals surface area contributed by atoms with Crippen LogP contribution in [0.25, 0.3) is 0 Å². The molecule has 0 saturated heterocycles. The van der Waals surface area contributed by atoms with Crippen molar-refractivity contribution >= 4 is 17.4 Å². The molecule has 1 aromatic carbocycles. The molecule has 1 aromatic heterocycles. The topological polar surface area (TPSA) is 44.1 Å². The van der Waals surface area contributed by atoms with Crippen molar-refractivity contribution in [3.63, 3.8) is 0 Å². The number of aromatic nitrogens is 2. The molecule has 0 aliphatic heterocycles. The van der Waals surface area contributed by atoms with Crippen LogP contribution in [0.5, 0.6) is 5.75 Å². The van der Waals surface area contributed by atoms with Crippen molar-refractivity contribution in [1.82, 2.24) is 9.78 Å². The molecule has 100 valence electrons. The second-order valence-corrected chi connectivity index (χ2v) is 4.74. The Morgan fingerprint density at radius 2 is 2.11 bits per heavy atom. The van der Waals surface area contributed by atoms with Crippen LogP contribution in [0.4, 0.5) is 0 Å². The number of Topliss-reactive ketones (excluding diaryl/α,β-unsaturated/α-hetero) is 1. The van der Waals surface area contributed by atoms with Crippen LogP contribution in [-0.4, -0.2) is 22.2 Å². The maximum atomic E-state index is 11.7. The molecule has 0 amide bonds. The van der Waals surface area contributed by atoms with E-state index in [1.165, 1.54) is 0 Å². The predicted molar refractivity (Wildman–Crippen MR) is 73.5 cm³/mol. The van der Waals surface area contributed by atoms with E-state index in [-0.39, 0.29) is 12.4 Å². The van der Waals surface area contributed by atoms with Crippen molar-refractivity contribution < 1.29 is 9.53 Å². The van der Waals surface area contributed by atoms with E-state index in [1.54, 1.807) is 35.1 Å². The molecule has 0 aliphatic rings. The van der Waals surface area contributed by atoms with Crippen molar-refractivity contribution in [3.8, 4) is 5.75 Å². The molecule has 5 heteroatoms. The number of ether oxygens (including phenoxy) is 1. The van der Waals surface area contributed by atoms with Gasteiger partial charge >= 0.3 is 0 Å². The van der Waals surface area contributed by atoms with E-state index in [2.05, 4.69) is 5.10 Å². The van der Waals surface area contributed by atoms with Crippen molar-refractivity contribution in [2.75, 3.05) is 6.61 Å². The molecule has 0 saturated carbocycles. The zero-order valence-corrected chi connectivity index (χ0v) is 11.4. The number of benzene rings is 1. The lowest BCUT2D eigenvalue weighted by Crippen LogP contribution is -2.11. The summed E-state index contributed by atoms with van der Waals surface area (Å²) in [5, 5.41) is 4.71. The number of rotatable bonds is 6. The van der Waals surface area contributed by atoms with Crippen molar-refractivity contribution in [1.29, 1.82) is 0 Å². The zero-order chi connectivity index (χ0) is 13.7. The number of halogens is 1. The van der Waals surface area contributed by atoms with Crippen molar-refractivity contribution in [3.05, 3.63) is 47.2 Å². The molecule has 0 unspecified atom stereocenters. The summed E-state index contributed by atoms with van der Waals surface area (Å²) in [4.78, 5) is 11.7. The van der Waals surface area contributed by atoms with Gasteiger partial charge in [0, 0.05) is 24.7 Å². The fourth-order valence-corrected chi connectivity index (χ4v) is 1.78. The number of carbonyl (C=O) groups is 1. The standard InChI is InChI=1S/C14H15ClN2O2/c1-17-9-11(8-16-17)2-5-13(18)10-19-14-6-3-12(15)4-7-14/h3-4,6-9H,2,5,10H2,1H3. The van der Waals surface area contributed by atoms with Gasteiger partial charge in [-0.3, -0.25) is 9.48 Å². The van der Waals surface area contributed by atoms with Crippen LogP contribution in [0, 0.1) is 0 Å². The first-order chi connectivity index (χ1) is 9.13. The Balaban J connectivity index is 1.74. The Morgan fingerprint density at radius 1 is 1.37 bits per heavy atom. The van der Waals surface area contributed by atoms with Gasteiger partial charge in [-0.15, -0.1) is 0 Å². The maximum absolute atomic E-state index is 11.7. The smallest absolute Gasteiger partial charge is 0.170 e. The first-order valence-corrected chi connectivity index (χ1v) is 6.39. The lowest BCUT2D eigenvalue weighted by Gasteiger charge is -2.05. The van der Waals surface area contributed by atoms with Gasteiger partial charge in [0.2, 0.25) is 0 Å². The van der Waals surface area contributed by atoms with Crippen LogP contribution < -0.4 is 4.74 Å². The molecule has 1 heterocycles. The summed E-state index contributed by atoms with van der Waals surface area (Å²) >= 11 is 5.76. The third-order valence-corrected chi connectivity index (χ3v) is 2.92. The highest BCUT2D eigenvalue weighted by Crippen LogP contribution is 2.15. The minimum Gasteiger partial charge on any atom is -0.486 e. The van der Waals surface area contributed by atoms with Crippen LogP contribution in [-0.2, 0) is 18.3 Å². The molecule has 0 N–H and O–H groups in total. The highest BCUT2D eigenvalue weighted by molar-refractivity contribution is 6.30. The average molecular weight is 279 g/mol. The third kappa shape index (κ3) is 4.41. The minimum absolute atomic E-state index is 0.0683. The van der Waals surface area contributed by atoms with E-state index in [1.807, 2.05) is 13.2 Å². The lowest BCUT2D eigenvalue weighted by molar-refractivity contribution is -0.121. The normalized spacial score (nSPS) is 10.4. The molecule has 2 rings (SSSR count). The van der Waals surface area contributed by atoms with Crippen molar-refractivity contribution in [2.45, 2.75) is 12.8 Å². The van der Waals surface area contributed by atoms with E-state index in [4.69, 9.17) is 16.3 Å². The highest BCUT2D eigenvalue weighted by atomic mass is 35.5. The Morgan fingerprint density at radius 3 is 2.74 bits per heavy atom. The monoisotopic (exact) mass is 278 g/mol. The zero-order valence-electron chi connectivity index (χ0n) is 10.7. The van der Waals surface area contributed by atoms with Gasteiger partial charge in [-0.1, -0.05) is 11.6 Å². The molecule has 0 atom stereocenters. The highest BCUT2D eigenvalue weighted by Gasteiger charge is 2.05. The van der Waals surface area contributed by atoms with Gasteiger partial charge < -0.3 is 4.74 Å². The summed E-state index contributed by atoms with van der Waals surface area (Å²) in [5.41, 5.74) is 1.06. The molecule has 19 heavy (non-hydrogen) atoms. The summed E-state index contributed by atoms with van der Waals surface area (Å²) in [6.45, 7) is 0.0852. The molecule has 0 radical (unpaired) electrons. The summed E-state index contributed by atoms with van der Waals surface area (Å²) in [7, 11) is 1.86. The number of carbonyl (C=O) groups excluding carboxylic acids is 1. The summed E-state index contributed by atoms with van der Waals surface area (Å²) < 4.78 is 7.11. The molecule has 4 nitrogen and oxygen atoms in total. The van der Waals surface area contributed by atoms with Gasteiger partial charge in [0.1, 0.15) is 12.4 Å². The van der Waals surface area contributed by atoms with Crippen molar-refractivity contribution in [2.24, 2.45) is 7.05 Å². The van der Waals surface area contributed by atoms with E-state index in [9.17, 15) is 4.79 Å². The van der Waals surface area contributed by atoms with Crippen LogP contribution in [0.2, 0.25) is 5.02 Å². The third-order valence-electron chi connectivity index (χ3n) is 2.66. The van der Waals surface area contributed by atoms with E-state index < -0.39 is 0 Å². The Kier molecular flexibility index (Phi) is 4.58. The van der Waals surface area contributed by atoms with E-state index >= 15 is 0 Å². The first-order valence-electron chi connectivity index (χ1n) is 6.01. The molecular formula is C14H15ClN2O2. The second kappa shape index (κ2) is 6.38. The van der Waals surface area contributed by atoms with Crippen LogP contribution >= 0.6 is 11.6 Å². The number of aryl methyl sites for hydroxylation is 2. The van der Waals surface area contributed by atoms with Crippen LogP contribution in [0.15, 0.2) is 36.7 Å². The Bertz CT molecular complexity index is 549. The predicted octanol–water partition coefficient (Wildman–Crippen LogP) is 2.65. The van der Waals surface area contributed by atoms with Gasteiger partial charge in [0.25, 0.3) is 0 Å². The van der Waals surface area contributed by atoms with Crippen LogP contribution in [0.1, 0.15) is 12.0 Å². The molecule has 0 fully saturated rings. The summed E-state index contributed by atoms with van der Waals surface area (Å²) in [6.07, 6.45) is 4.83. The number of hydrogen-bond acceptors (Lipinski definition) is 3. The van der Waals surface area contributed by atoms with E-state index in [0.29, 0.717) is 23.6 Å². The molecule has 0 aliphatic carbocycles. The first kappa shape index (κ1) is 13.6. The summed E-state index contributed by atoms with van der Waals surface area (Å²) in [5.74, 6) is 0.720. The van der Waals surface area contributed by atoms with Gasteiger partial charge in [-0.25, -0.2) is 0 Å². The quantitative estimate of drug-likeness (QED) is 0.816. The van der Waals surface area contributed by atoms with Gasteiger partial charge in [-0.2, -0.15) is 5.10 Å². The average Bonchev–Trinajstić information content (AvgIpc) is 2.81. The number of hydrogen-bond donors (Lipinski definition) is 0. The fourth-order valence-electron chi connectivity index (χ4n) is 1.65. The SMILES string of the molecule is Cn1cc(CCC(=O)COc2ccc(Cl)cc2)cn1. The Hall–Kier alpha value is -1.81. The van der Waals surface area contributed by atoms with Crippen LogP contribution in [0.3, 0.4) is 0 Å². The van der Waals surface area contributed by atoms with Gasteiger partial charge in [0.05, 0.1) is 6.20 Å². The summed E-state index contributed by atoms with van der Waals surface area (Å²) in [6, 6.07) is 6.96. The number of nitrogens with zero attached hydrogens (tertiary/aromatic N) is 2. The second-order valence-electron chi connectivity index (χ2n) is 4.30. The lowest BCUT2D eigenvalue weighted by atomic mass is 10.1. The largest absolute Gasteiger partial charge is 0.486 e. The minimum atomic E-state index is 0.0683. The van der Waals surface area contributed by atoms with E-state index in [0.717, 1.165) is 5.56 Å². The Labute approximate surface area is 116 Å². The maximum Gasteiger partial charge on any atom is 0.170 e. The molecule has 0 bridgehead atoms. The number of ketones is 1.